The molecule has 0 amide bonds. The average molecular weight is 589 g/mol. The molecule has 1 aromatic rings. The highest BCUT2D eigenvalue weighted by Gasteiger charge is 2.52. The molecule has 1 aliphatic heterocycles. The van der Waals surface area contributed by atoms with E-state index in [0.717, 1.165) is 24.7 Å². The van der Waals surface area contributed by atoms with E-state index in [-0.39, 0.29) is 36.8 Å². The Bertz CT molecular complexity index is 758. The second kappa shape index (κ2) is 12.6. The molecule has 1 heterocycles. The molecule has 3 rings (SSSR count). The molecule has 184 valence electrons. The number of hydrogen-bond acceptors (Lipinski definition) is 7. The van der Waals surface area contributed by atoms with Gasteiger partial charge in [0.15, 0.2) is 0 Å². The number of esters is 1. The zero-order valence-electron chi connectivity index (χ0n) is 20.3. The summed E-state index contributed by atoms with van der Waals surface area (Å²) in [6, 6.07) is 9.46. The highest BCUT2D eigenvalue weighted by molar-refractivity contribution is 14.2. The van der Waals surface area contributed by atoms with E-state index >= 15 is 0 Å². The third-order valence-electron chi connectivity index (χ3n) is 7.76. The molecule has 0 bridgehead atoms. The fraction of sp³-hybridized carbons (Fsp3) is 0.708. The van der Waals surface area contributed by atoms with Gasteiger partial charge in [-0.2, -0.15) is 0 Å². The maximum absolute atomic E-state index is 12.4. The third-order valence-corrected chi connectivity index (χ3v) is 8.86. The van der Waals surface area contributed by atoms with Gasteiger partial charge in [-0.1, -0.05) is 64.4 Å². The van der Waals surface area contributed by atoms with Crippen LogP contribution in [0.4, 0.5) is 0 Å². The molecular formula is C24H37BINO5S. The molecule has 2 fully saturated rings. The van der Waals surface area contributed by atoms with Crippen LogP contribution in [-0.2, 0) is 30.2 Å². The monoisotopic (exact) mass is 589 g/mol. The van der Waals surface area contributed by atoms with Crippen LogP contribution in [0.5, 0.6) is 0 Å². The Morgan fingerprint density at radius 3 is 2.70 bits per heavy atom. The standard InChI is InChI=1S/C24H37BINO5S/c1-16-14-20-22(17(2)24(16,3)4)32-25(31-20)13-9-12-19(21(27-33-26)23(28)29-5)30-15-18-10-7-6-8-11-18/h6-8,10-11,16-17,19-22,27H,9,12-15H2,1-5H3/t16-,17+,19-,20+,21-,22-/m0/s1. The van der Waals surface area contributed by atoms with Crippen molar-refractivity contribution in [2.75, 3.05) is 7.11 Å². The van der Waals surface area contributed by atoms with Crippen molar-refractivity contribution in [3.8, 4) is 0 Å². The number of nitrogens with one attached hydrogen (secondary N) is 1. The van der Waals surface area contributed by atoms with E-state index < -0.39 is 6.04 Å². The summed E-state index contributed by atoms with van der Waals surface area (Å²) in [6.45, 7) is 9.74. The minimum absolute atomic E-state index is 0.159. The van der Waals surface area contributed by atoms with Crippen molar-refractivity contribution >= 4 is 43.4 Å². The minimum atomic E-state index is -0.546. The highest BCUT2D eigenvalue weighted by atomic mass is 127. The molecule has 0 radical (unpaired) electrons. The molecule has 1 aromatic carbocycles. The molecule has 9 heteroatoms. The van der Waals surface area contributed by atoms with Crippen LogP contribution in [0, 0.1) is 17.3 Å². The van der Waals surface area contributed by atoms with Gasteiger partial charge in [0.1, 0.15) is 6.04 Å². The van der Waals surface area contributed by atoms with E-state index in [1.807, 2.05) is 30.3 Å². The molecule has 1 N–H and O–H groups in total. The predicted octanol–water partition coefficient (Wildman–Crippen LogP) is 5.46. The maximum atomic E-state index is 12.4. The summed E-state index contributed by atoms with van der Waals surface area (Å²) in [6.07, 6.45) is 3.38. The third kappa shape index (κ3) is 6.88. The highest BCUT2D eigenvalue weighted by Crippen LogP contribution is 2.49. The molecule has 1 aliphatic carbocycles. The van der Waals surface area contributed by atoms with Gasteiger partial charge in [-0.3, -0.25) is 4.79 Å². The van der Waals surface area contributed by atoms with Gasteiger partial charge in [-0.15, -0.1) is 0 Å². The first-order valence-corrected chi connectivity index (χ1v) is 15.2. The Morgan fingerprint density at radius 2 is 2.03 bits per heavy atom. The first-order chi connectivity index (χ1) is 15.8. The van der Waals surface area contributed by atoms with Crippen molar-refractivity contribution in [3.63, 3.8) is 0 Å². The average Bonchev–Trinajstić information content (AvgIpc) is 3.21. The fourth-order valence-corrected chi connectivity index (χ4v) is 6.08. The Hall–Kier alpha value is -0.325. The first-order valence-electron chi connectivity index (χ1n) is 11.8. The van der Waals surface area contributed by atoms with Gasteiger partial charge in [0.05, 0.1) is 32.0 Å². The number of hydrogen-bond donors (Lipinski definition) is 1. The Labute approximate surface area is 215 Å². The Morgan fingerprint density at radius 1 is 1.30 bits per heavy atom. The summed E-state index contributed by atoms with van der Waals surface area (Å²) >= 11 is 2.12. The Kier molecular flexibility index (Phi) is 10.4. The number of fused-ring (bicyclic) bond motifs is 1. The normalized spacial score (nSPS) is 28.2. The summed E-state index contributed by atoms with van der Waals surface area (Å²) in [5.41, 5.74) is 1.32. The number of ether oxygens (including phenoxy) is 2. The zero-order chi connectivity index (χ0) is 24.0. The van der Waals surface area contributed by atoms with Crippen molar-refractivity contribution in [2.24, 2.45) is 17.3 Å². The van der Waals surface area contributed by atoms with Gasteiger partial charge in [-0.25, -0.2) is 4.72 Å². The van der Waals surface area contributed by atoms with E-state index in [4.69, 9.17) is 18.8 Å². The molecule has 0 spiro atoms. The number of carbonyl (C=O) groups excluding carboxylic acids is 1. The molecule has 6 atom stereocenters. The second-order valence-corrected chi connectivity index (χ2v) is 11.6. The van der Waals surface area contributed by atoms with Gasteiger partial charge in [0.2, 0.25) is 0 Å². The van der Waals surface area contributed by atoms with Crippen molar-refractivity contribution in [1.29, 1.82) is 0 Å². The predicted molar refractivity (Wildman–Crippen MR) is 142 cm³/mol. The van der Waals surface area contributed by atoms with Crippen molar-refractivity contribution in [3.05, 3.63) is 35.9 Å². The van der Waals surface area contributed by atoms with Crippen molar-refractivity contribution < 1.29 is 23.6 Å². The van der Waals surface area contributed by atoms with Crippen molar-refractivity contribution in [1.82, 2.24) is 4.72 Å². The Balaban J connectivity index is 1.58. The lowest BCUT2D eigenvalue weighted by Crippen LogP contribution is -2.48. The van der Waals surface area contributed by atoms with E-state index in [1.54, 1.807) is 0 Å². The molecule has 0 unspecified atom stereocenters. The molecule has 1 saturated carbocycles. The van der Waals surface area contributed by atoms with Crippen LogP contribution in [-0.4, -0.2) is 44.6 Å². The number of carbonyl (C=O) groups is 1. The van der Waals surface area contributed by atoms with Crippen LogP contribution in [0.25, 0.3) is 0 Å². The summed E-state index contributed by atoms with van der Waals surface area (Å²) in [4.78, 5) is 12.4. The molecule has 6 nitrogen and oxygen atoms in total. The fourth-order valence-electron chi connectivity index (χ4n) is 4.92. The van der Waals surface area contributed by atoms with E-state index in [9.17, 15) is 4.79 Å². The van der Waals surface area contributed by atoms with E-state index in [2.05, 4.69) is 53.6 Å². The van der Waals surface area contributed by atoms with Crippen LogP contribution >= 0.6 is 30.3 Å². The van der Waals surface area contributed by atoms with Crippen LogP contribution in [0.2, 0.25) is 6.32 Å². The van der Waals surface area contributed by atoms with E-state index in [1.165, 1.54) is 16.2 Å². The molecule has 33 heavy (non-hydrogen) atoms. The molecule has 0 aromatic heterocycles. The van der Waals surface area contributed by atoms with Gasteiger partial charge in [-0.05, 0) is 51.1 Å². The number of benzene rings is 1. The summed E-state index contributed by atoms with van der Waals surface area (Å²) in [7, 11) is 2.58. The first kappa shape index (κ1) is 27.3. The van der Waals surface area contributed by atoms with Crippen LogP contribution < -0.4 is 4.72 Å². The molecule has 2 aliphatic rings. The van der Waals surface area contributed by atoms with Gasteiger partial charge < -0.3 is 18.8 Å². The lowest BCUT2D eigenvalue weighted by atomic mass is 9.61. The van der Waals surface area contributed by atoms with E-state index in [0.29, 0.717) is 24.9 Å². The SMILES string of the molecule is COC(=O)[C@@H](NSI)[C@H](CCCB1O[C@H]2[C@@H](C)C(C)(C)[C@@H](C)C[C@H]2O1)OCc1ccccc1. The summed E-state index contributed by atoms with van der Waals surface area (Å²) in [5, 5.41) is 0. The van der Waals surface area contributed by atoms with Gasteiger partial charge in [0.25, 0.3) is 0 Å². The zero-order valence-corrected chi connectivity index (χ0v) is 23.3. The lowest BCUT2D eigenvalue weighted by Gasteiger charge is -2.47. The maximum Gasteiger partial charge on any atom is 0.457 e. The number of methoxy groups -OCH3 is 1. The smallest absolute Gasteiger partial charge is 0.457 e. The van der Waals surface area contributed by atoms with Crippen LogP contribution in [0.15, 0.2) is 30.3 Å². The van der Waals surface area contributed by atoms with Crippen LogP contribution in [0.1, 0.15) is 52.5 Å². The largest absolute Gasteiger partial charge is 0.468 e. The number of rotatable bonds is 11. The lowest BCUT2D eigenvalue weighted by molar-refractivity contribution is -0.147. The molecule has 1 saturated heterocycles. The quantitative estimate of drug-likeness (QED) is 0.159. The van der Waals surface area contributed by atoms with Gasteiger partial charge >= 0.3 is 13.1 Å². The van der Waals surface area contributed by atoms with Gasteiger partial charge in [0, 0.05) is 21.2 Å². The minimum Gasteiger partial charge on any atom is -0.468 e. The second-order valence-electron chi connectivity index (χ2n) is 9.91. The summed E-state index contributed by atoms with van der Waals surface area (Å²) < 4.78 is 27.1. The molecular weight excluding hydrogens is 552 g/mol. The number of halogens is 1. The topological polar surface area (TPSA) is 66.0 Å². The van der Waals surface area contributed by atoms with Crippen molar-refractivity contribution in [2.45, 2.75) is 84.2 Å². The van der Waals surface area contributed by atoms with Crippen LogP contribution in [0.3, 0.4) is 0 Å². The summed E-state index contributed by atoms with van der Waals surface area (Å²) in [5.74, 6) is 0.734.